The number of primary amides is 2. The van der Waals surface area contributed by atoms with E-state index in [9.17, 15) is 28.8 Å². The second kappa shape index (κ2) is 14.1. The molecule has 0 aliphatic carbocycles. The van der Waals surface area contributed by atoms with Gasteiger partial charge < -0.3 is 49.8 Å². The van der Waals surface area contributed by atoms with E-state index in [4.69, 9.17) is 40.6 Å². The molecule has 0 fully saturated rings. The summed E-state index contributed by atoms with van der Waals surface area (Å²) in [5.41, 5.74) is 11.9. The third kappa shape index (κ3) is 6.62. The summed E-state index contributed by atoms with van der Waals surface area (Å²) >= 11 is 0. The number of aromatic nitrogens is 2. The van der Waals surface area contributed by atoms with Gasteiger partial charge in [-0.05, 0) is 50.2 Å². The molecule has 2 heterocycles. The molecule has 0 radical (unpaired) electrons. The fraction of sp³-hybridized carbons (Fsp3) is 0.176. The molecule has 0 saturated carbocycles. The Bertz CT molecular complexity index is 2060. The van der Waals surface area contributed by atoms with E-state index in [1.54, 1.807) is 71.5 Å². The number of hydrogen-bond acceptors (Lipinski definition) is 10. The molecular weight excluding hydrogens is 656 g/mol. The minimum Gasteiger partial charge on any atom is -0.481 e. The van der Waals surface area contributed by atoms with Crippen molar-refractivity contribution in [3.8, 4) is 23.0 Å². The molecule has 16 nitrogen and oxygen atoms in total. The van der Waals surface area contributed by atoms with Crippen LogP contribution in [0, 0.1) is 13.8 Å². The second-order valence-electron chi connectivity index (χ2n) is 10.8. The number of carbonyl (C=O) groups is 6. The van der Waals surface area contributed by atoms with E-state index in [0.29, 0.717) is 22.4 Å². The van der Waals surface area contributed by atoms with Crippen molar-refractivity contribution in [2.75, 3.05) is 13.2 Å². The highest BCUT2D eigenvalue weighted by Crippen LogP contribution is 2.37. The number of amides is 2. The van der Waals surface area contributed by atoms with Crippen LogP contribution in [0.3, 0.4) is 0 Å². The van der Waals surface area contributed by atoms with E-state index in [0.717, 1.165) is 0 Å². The number of Topliss-reactive ketones (excluding diaryl/α,β-unsaturated/α-hetero) is 2. The largest absolute Gasteiger partial charge is 0.481 e. The molecule has 3 aromatic carbocycles. The van der Waals surface area contributed by atoms with Crippen LogP contribution in [0.2, 0.25) is 0 Å². The number of carbonyl (C=O) groups excluding carboxylic acids is 4. The van der Waals surface area contributed by atoms with Crippen molar-refractivity contribution in [2.24, 2.45) is 11.5 Å². The normalized spacial score (nSPS) is 10.9. The molecule has 0 bridgehead atoms. The zero-order valence-electron chi connectivity index (χ0n) is 26.6. The van der Waals surface area contributed by atoms with Gasteiger partial charge in [-0.25, -0.2) is 9.59 Å². The number of carboxylic acids is 2. The van der Waals surface area contributed by atoms with Crippen molar-refractivity contribution in [3.63, 3.8) is 0 Å². The lowest BCUT2D eigenvalue weighted by atomic mass is 10.1. The van der Waals surface area contributed by atoms with Gasteiger partial charge in [0.1, 0.15) is 11.5 Å². The molecule has 0 spiro atoms. The van der Waals surface area contributed by atoms with E-state index < -0.39 is 48.5 Å². The summed E-state index contributed by atoms with van der Waals surface area (Å²) in [7, 11) is 0. The molecular formula is C34H30N4O12. The SMILES string of the molecule is Cc1c(C(=O)C(N)=O)c2c(OCC(=O)O)cccc2n1COc1ccccc1OCn1c(C)c(C(=O)C(N)=O)c2c(OCC(=O)O)cccc21. The van der Waals surface area contributed by atoms with Crippen LogP contribution in [0.1, 0.15) is 32.1 Å². The van der Waals surface area contributed by atoms with Gasteiger partial charge in [-0.3, -0.25) is 19.2 Å². The summed E-state index contributed by atoms with van der Waals surface area (Å²) < 4.78 is 26.3. The maximum absolute atomic E-state index is 12.9. The predicted octanol–water partition coefficient (Wildman–Crippen LogP) is 2.55. The summed E-state index contributed by atoms with van der Waals surface area (Å²) in [6, 6.07) is 16.0. The van der Waals surface area contributed by atoms with E-state index in [-0.39, 0.29) is 58.4 Å². The number of fused-ring (bicyclic) bond motifs is 2. The van der Waals surface area contributed by atoms with Crippen LogP contribution in [0.25, 0.3) is 21.8 Å². The van der Waals surface area contributed by atoms with E-state index in [1.165, 1.54) is 12.1 Å². The standard InChI is InChI=1S/C34H30N4O12/c1-17-27(31(43)33(35)45)29-19(7-5-11-23(29)47-13-25(39)40)37(17)15-49-21-9-3-4-10-22(21)50-16-38-18(2)28(32(44)34(36)46)30-20(38)8-6-12-24(30)48-14-26(41)42/h3-12H,13-16H2,1-2H3,(H2,35,45)(H2,36,46)(H,39,40)(H,41,42). The number of rotatable bonds is 16. The zero-order chi connectivity index (χ0) is 36.3. The molecule has 0 unspecified atom stereocenters. The first-order valence-corrected chi connectivity index (χ1v) is 14.8. The first-order chi connectivity index (χ1) is 23.8. The van der Waals surface area contributed by atoms with Gasteiger partial charge in [-0.2, -0.15) is 0 Å². The monoisotopic (exact) mass is 686 g/mol. The van der Waals surface area contributed by atoms with Gasteiger partial charge in [0, 0.05) is 11.4 Å². The van der Waals surface area contributed by atoms with Crippen LogP contribution in [0.4, 0.5) is 0 Å². The Morgan fingerprint density at radius 2 is 0.920 bits per heavy atom. The van der Waals surface area contributed by atoms with Gasteiger partial charge in [0.05, 0.1) is 32.9 Å². The van der Waals surface area contributed by atoms with E-state index in [2.05, 4.69) is 0 Å². The smallest absolute Gasteiger partial charge is 0.341 e. The van der Waals surface area contributed by atoms with Gasteiger partial charge >= 0.3 is 11.9 Å². The minimum absolute atomic E-state index is 0.0557. The molecule has 258 valence electrons. The van der Waals surface area contributed by atoms with Crippen molar-refractivity contribution in [1.82, 2.24) is 9.13 Å². The van der Waals surface area contributed by atoms with Gasteiger partial charge in [0.15, 0.2) is 38.2 Å². The van der Waals surface area contributed by atoms with Crippen LogP contribution in [0.5, 0.6) is 23.0 Å². The Morgan fingerprint density at radius 3 is 1.26 bits per heavy atom. The zero-order valence-corrected chi connectivity index (χ0v) is 26.6. The Hall–Kier alpha value is -6.84. The molecule has 2 amide bonds. The van der Waals surface area contributed by atoms with E-state index >= 15 is 0 Å². The van der Waals surface area contributed by atoms with Crippen LogP contribution in [0.15, 0.2) is 60.7 Å². The summed E-state index contributed by atoms with van der Waals surface area (Å²) in [6.45, 7) is 1.35. The van der Waals surface area contributed by atoms with Crippen LogP contribution in [-0.2, 0) is 32.6 Å². The highest BCUT2D eigenvalue weighted by atomic mass is 16.5. The fourth-order valence-corrected chi connectivity index (χ4v) is 5.60. The topological polar surface area (TPSA) is 242 Å². The first-order valence-electron chi connectivity index (χ1n) is 14.8. The fourth-order valence-electron chi connectivity index (χ4n) is 5.60. The molecule has 0 aliphatic heterocycles. The molecule has 0 atom stereocenters. The van der Waals surface area contributed by atoms with Crippen molar-refractivity contribution in [3.05, 3.63) is 83.2 Å². The number of carboxylic acid groups (broad SMARTS) is 2. The number of nitrogens with zero attached hydrogens (tertiary/aromatic N) is 2. The van der Waals surface area contributed by atoms with Crippen LogP contribution in [-0.4, -0.2) is 67.9 Å². The Kier molecular flexibility index (Phi) is 9.73. The Morgan fingerprint density at radius 1 is 0.560 bits per heavy atom. The Labute approximate surface area is 282 Å². The predicted molar refractivity (Wildman–Crippen MR) is 174 cm³/mol. The minimum atomic E-state index is -1.24. The number of para-hydroxylation sites is 2. The van der Waals surface area contributed by atoms with Gasteiger partial charge in [0.2, 0.25) is 0 Å². The quantitative estimate of drug-likeness (QED) is 0.0865. The lowest BCUT2D eigenvalue weighted by molar-refractivity contribution is -0.140. The van der Waals surface area contributed by atoms with Crippen molar-refractivity contribution in [1.29, 1.82) is 0 Å². The third-order valence-electron chi connectivity index (χ3n) is 7.77. The highest BCUT2D eigenvalue weighted by molar-refractivity contribution is 6.45. The summed E-state index contributed by atoms with van der Waals surface area (Å²) in [4.78, 5) is 72.1. The maximum Gasteiger partial charge on any atom is 0.341 e. The number of nitrogens with two attached hydrogens (primary N) is 2. The average Bonchev–Trinajstić information content (AvgIpc) is 3.53. The summed E-state index contributed by atoms with van der Waals surface area (Å²) in [5.74, 6) is -6.30. The number of benzene rings is 3. The molecule has 5 rings (SSSR count). The summed E-state index contributed by atoms with van der Waals surface area (Å²) in [5, 5.41) is 18.6. The number of aliphatic carboxylic acids is 2. The molecule has 0 aliphatic rings. The molecule has 16 heteroatoms. The third-order valence-corrected chi connectivity index (χ3v) is 7.77. The average molecular weight is 687 g/mol. The van der Waals surface area contributed by atoms with Gasteiger partial charge in [0.25, 0.3) is 23.4 Å². The lowest BCUT2D eigenvalue weighted by Gasteiger charge is -2.16. The van der Waals surface area contributed by atoms with Gasteiger partial charge in [-0.1, -0.05) is 24.3 Å². The number of ether oxygens (including phenoxy) is 4. The second-order valence-corrected chi connectivity index (χ2v) is 10.8. The molecule has 6 N–H and O–H groups in total. The Balaban J connectivity index is 1.49. The molecule has 5 aromatic rings. The van der Waals surface area contributed by atoms with Crippen LogP contribution >= 0.6 is 0 Å². The van der Waals surface area contributed by atoms with E-state index in [1.807, 2.05) is 0 Å². The highest BCUT2D eigenvalue weighted by Gasteiger charge is 2.28. The first kappa shape index (κ1) is 34.5. The maximum atomic E-state index is 12.9. The number of hydrogen-bond donors (Lipinski definition) is 4. The lowest BCUT2D eigenvalue weighted by Crippen LogP contribution is -2.24. The van der Waals surface area contributed by atoms with Crippen molar-refractivity contribution in [2.45, 2.75) is 27.3 Å². The number of ketones is 2. The van der Waals surface area contributed by atoms with Gasteiger partial charge in [-0.15, -0.1) is 0 Å². The molecule has 0 saturated heterocycles. The van der Waals surface area contributed by atoms with Crippen LogP contribution < -0.4 is 30.4 Å². The van der Waals surface area contributed by atoms with Crippen molar-refractivity contribution < 1.29 is 57.9 Å². The van der Waals surface area contributed by atoms with Crippen molar-refractivity contribution >= 4 is 57.1 Å². The summed E-state index contributed by atoms with van der Waals surface area (Å²) in [6.07, 6.45) is 0. The molecule has 50 heavy (non-hydrogen) atoms. The molecule has 2 aromatic heterocycles.